The highest BCUT2D eigenvalue weighted by atomic mass is 16.5. The van der Waals surface area contributed by atoms with Gasteiger partial charge in [-0.05, 0) is 37.1 Å². The lowest BCUT2D eigenvalue weighted by Crippen LogP contribution is -2.38. The summed E-state index contributed by atoms with van der Waals surface area (Å²) in [6.07, 6.45) is 1.57. The van der Waals surface area contributed by atoms with E-state index in [0.717, 1.165) is 35.1 Å². The third kappa shape index (κ3) is 3.54. The number of methoxy groups -OCH3 is 1. The van der Waals surface area contributed by atoms with Crippen molar-refractivity contribution in [2.75, 3.05) is 20.2 Å². The fourth-order valence-electron chi connectivity index (χ4n) is 4.14. The second kappa shape index (κ2) is 7.86. The zero-order valence-corrected chi connectivity index (χ0v) is 17.5. The van der Waals surface area contributed by atoms with Gasteiger partial charge in [-0.1, -0.05) is 29.4 Å². The number of amides is 1. The van der Waals surface area contributed by atoms with E-state index in [1.54, 1.807) is 11.8 Å². The molecule has 0 spiro atoms. The summed E-state index contributed by atoms with van der Waals surface area (Å²) < 4.78 is 12.5. The van der Waals surface area contributed by atoms with Crippen LogP contribution in [0.25, 0.3) is 22.4 Å². The van der Waals surface area contributed by atoms with E-state index in [-0.39, 0.29) is 11.8 Å². The van der Waals surface area contributed by atoms with Crippen LogP contribution in [0.1, 0.15) is 35.1 Å². The molecule has 3 heterocycles. The number of piperidine rings is 1. The van der Waals surface area contributed by atoms with Crippen molar-refractivity contribution in [3.8, 4) is 17.2 Å². The molecule has 1 saturated heterocycles. The second-order valence-electron chi connectivity index (χ2n) is 7.75. The largest absolute Gasteiger partial charge is 0.497 e. The van der Waals surface area contributed by atoms with Crippen LogP contribution in [0, 0.1) is 0 Å². The van der Waals surface area contributed by atoms with Crippen molar-refractivity contribution >= 4 is 16.8 Å². The minimum Gasteiger partial charge on any atom is -0.497 e. The second-order valence-corrected chi connectivity index (χ2v) is 7.75. The van der Waals surface area contributed by atoms with Crippen molar-refractivity contribution in [2.24, 2.45) is 7.05 Å². The number of rotatable bonds is 4. The summed E-state index contributed by atoms with van der Waals surface area (Å²) in [6.45, 7) is 1.27. The molecule has 31 heavy (non-hydrogen) atoms. The Morgan fingerprint density at radius 3 is 2.74 bits per heavy atom. The number of likely N-dealkylation sites (tertiary alicyclic amines) is 1. The number of fused-ring (bicyclic) bond motifs is 1. The average molecular weight is 417 g/mol. The molecule has 5 rings (SSSR count). The molecule has 4 aromatic rings. The summed E-state index contributed by atoms with van der Waals surface area (Å²) in [5.74, 6) is 2.04. The number of carbonyl (C=O) groups is 1. The molecular weight excluding hydrogens is 394 g/mol. The fourth-order valence-corrected chi connectivity index (χ4v) is 4.14. The van der Waals surface area contributed by atoms with Crippen molar-refractivity contribution in [1.29, 1.82) is 0 Å². The number of carbonyl (C=O) groups excluding carboxylic acids is 1. The summed E-state index contributed by atoms with van der Waals surface area (Å²) in [6, 6.07) is 15.4. The smallest absolute Gasteiger partial charge is 0.275 e. The van der Waals surface area contributed by atoms with Crippen LogP contribution in [0.5, 0.6) is 5.75 Å². The number of hydrogen-bond donors (Lipinski definition) is 0. The topological polar surface area (TPSA) is 86.3 Å². The van der Waals surface area contributed by atoms with E-state index in [2.05, 4.69) is 15.2 Å². The van der Waals surface area contributed by atoms with E-state index in [1.165, 1.54) is 0 Å². The van der Waals surface area contributed by atoms with Crippen LogP contribution in [-0.4, -0.2) is 50.9 Å². The number of nitrogens with zero attached hydrogens (tertiary/aromatic N) is 5. The van der Waals surface area contributed by atoms with E-state index >= 15 is 0 Å². The van der Waals surface area contributed by atoms with Crippen LogP contribution in [0.3, 0.4) is 0 Å². The van der Waals surface area contributed by atoms with Crippen LogP contribution in [0.15, 0.2) is 53.1 Å². The Morgan fingerprint density at radius 2 is 1.94 bits per heavy atom. The minimum absolute atomic E-state index is 0.0274. The van der Waals surface area contributed by atoms with Crippen molar-refractivity contribution in [3.63, 3.8) is 0 Å². The number of aromatic nitrogens is 4. The van der Waals surface area contributed by atoms with Crippen LogP contribution in [-0.2, 0) is 7.05 Å². The standard InChI is InChI=1S/C23H23N5O3/c1-27-19-9-4-3-8-18(19)20(25-27)23(29)28-12-10-15(11-13-28)21-24-22(31-26-21)16-6-5-7-17(14-16)30-2/h3-9,14-15H,10-13H2,1-2H3. The summed E-state index contributed by atoms with van der Waals surface area (Å²) in [7, 11) is 3.49. The quantitative estimate of drug-likeness (QED) is 0.504. The number of ether oxygens (including phenoxy) is 1. The molecule has 0 radical (unpaired) electrons. The lowest BCUT2D eigenvalue weighted by Gasteiger charge is -2.30. The maximum atomic E-state index is 13.1. The molecule has 0 unspecified atom stereocenters. The molecule has 0 N–H and O–H groups in total. The van der Waals surface area contributed by atoms with Gasteiger partial charge in [0.2, 0.25) is 0 Å². The molecule has 0 saturated carbocycles. The van der Waals surface area contributed by atoms with Crippen molar-refractivity contribution in [3.05, 3.63) is 60.0 Å². The lowest BCUT2D eigenvalue weighted by molar-refractivity contribution is 0.0705. The molecule has 0 aliphatic carbocycles. The molecule has 2 aromatic carbocycles. The molecule has 1 amide bonds. The monoisotopic (exact) mass is 417 g/mol. The fraction of sp³-hybridized carbons (Fsp3) is 0.304. The average Bonchev–Trinajstić information content (AvgIpc) is 3.44. The third-order valence-electron chi connectivity index (χ3n) is 5.87. The van der Waals surface area contributed by atoms with Crippen molar-refractivity contribution < 1.29 is 14.1 Å². The zero-order chi connectivity index (χ0) is 21.4. The van der Waals surface area contributed by atoms with Gasteiger partial charge < -0.3 is 14.2 Å². The van der Waals surface area contributed by atoms with Gasteiger partial charge in [0, 0.05) is 37.0 Å². The molecule has 8 heteroatoms. The predicted molar refractivity (Wildman–Crippen MR) is 115 cm³/mol. The molecule has 2 aromatic heterocycles. The summed E-state index contributed by atoms with van der Waals surface area (Å²) in [5, 5.41) is 9.55. The number of hydrogen-bond acceptors (Lipinski definition) is 6. The van der Waals surface area contributed by atoms with Crippen LogP contribution in [0.4, 0.5) is 0 Å². The van der Waals surface area contributed by atoms with Crippen molar-refractivity contribution in [1.82, 2.24) is 24.8 Å². The van der Waals surface area contributed by atoms with E-state index in [9.17, 15) is 4.79 Å². The first-order valence-corrected chi connectivity index (χ1v) is 10.3. The Kier molecular flexibility index (Phi) is 4.89. The first-order chi connectivity index (χ1) is 15.1. The third-order valence-corrected chi connectivity index (χ3v) is 5.87. The van der Waals surface area contributed by atoms with Gasteiger partial charge in [0.1, 0.15) is 5.75 Å². The maximum absolute atomic E-state index is 13.1. The van der Waals surface area contributed by atoms with Crippen molar-refractivity contribution in [2.45, 2.75) is 18.8 Å². The van der Waals surface area contributed by atoms with Gasteiger partial charge in [-0.25, -0.2) is 0 Å². The normalized spacial score (nSPS) is 14.8. The van der Waals surface area contributed by atoms with Crippen LogP contribution in [0.2, 0.25) is 0 Å². The molecule has 1 aliphatic heterocycles. The Morgan fingerprint density at radius 1 is 1.13 bits per heavy atom. The molecule has 0 atom stereocenters. The number of para-hydroxylation sites is 1. The SMILES string of the molecule is COc1cccc(-c2nc(C3CCN(C(=O)c4nn(C)c5ccccc45)CC3)no2)c1. The summed E-state index contributed by atoms with van der Waals surface area (Å²) in [5.41, 5.74) is 2.29. The highest BCUT2D eigenvalue weighted by Gasteiger charge is 2.29. The predicted octanol–water partition coefficient (Wildman–Crippen LogP) is 3.65. The summed E-state index contributed by atoms with van der Waals surface area (Å²) in [4.78, 5) is 19.6. The van der Waals surface area contributed by atoms with E-state index in [1.807, 2.05) is 60.5 Å². The molecular formula is C23H23N5O3. The first kappa shape index (κ1) is 19.3. The first-order valence-electron chi connectivity index (χ1n) is 10.3. The van der Waals surface area contributed by atoms with Gasteiger partial charge in [0.05, 0.1) is 12.6 Å². The van der Waals surface area contributed by atoms with Gasteiger partial charge in [-0.15, -0.1) is 0 Å². The molecule has 1 fully saturated rings. The molecule has 8 nitrogen and oxygen atoms in total. The number of aryl methyl sites for hydroxylation is 1. The summed E-state index contributed by atoms with van der Waals surface area (Å²) >= 11 is 0. The molecule has 158 valence electrons. The molecule has 0 bridgehead atoms. The van der Waals surface area contributed by atoms with Gasteiger partial charge >= 0.3 is 0 Å². The Hall–Kier alpha value is -3.68. The lowest BCUT2D eigenvalue weighted by atomic mass is 9.96. The minimum atomic E-state index is -0.0274. The highest BCUT2D eigenvalue weighted by Crippen LogP contribution is 2.30. The number of benzene rings is 2. The van der Waals surface area contributed by atoms with Crippen LogP contribution < -0.4 is 4.74 Å². The van der Waals surface area contributed by atoms with Gasteiger partial charge in [0.25, 0.3) is 11.8 Å². The maximum Gasteiger partial charge on any atom is 0.275 e. The van der Waals surface area contributed by atoms with E-state index in [4.69, 9.17) is 9.26 Å². The Bertz CT molecular complexity index is 1240. The highest BCUT2D eigenvalue weighted by molar-refractivity contribution is 6.04. The molecule has 1 aliphatic rings. The zero-order valence-electron chi connectivity index (χ0n) is 17.5. The van der Waals surface area contributed by atoms with Gasteiger partial charge in [0.15, 0.2) is 11.5 Å². The van der Waals surface area contributed by atoms with E-state index in [0.29, 0.717) is 30.5 Å². The van der Waals surface area contributed by atoms with Gasteiger partial charge in [-0.2, -0.15) is 10.1 Å². The van der Waals surface area contributed by atoms with Crippen LogP contribution >= 0.6 is 0 Å². The Balaban J connectivity index is 1.28. The van der Waals surface area contributed by atoms with Gasteiger partial charge in [-0.3, -0.25) is 9.48 Å². The van der Waals surface area contributed by atoms with E-state index < -0.39 is 0 Å². The Labute approximate surface area is 179 Å².